The summed E-state index contributed by atoms with van der Waals surface area (Å²) >= 11 is 0. The molecule has 1 saturated carbocycles. The Morgan fingerprint density at radius 3 is 2.61 bits per heavy atom. The van der Waals surface area contributed by atoms with E-state index in [0.29, 0.717) is 5.91 Å². The van der Waals surface area contributed by atoms with Crippen LogP contribution in [0.1, 0.15) is 65.2 Å². The van der Waals surface area contributed by atoms with Crippen molar-refractivity contribution in [1.29, 1.82) is 0 Å². The average Bonchev–Trinajstić information content (AvgIpc) is 2.76. The lowest BCUT2D eigenvalue weighted by Gasteiger charge is -2.41. The zero-order valence-corrected chi connectivity index (χ0v) is 11.8. The van der Waals surface area contributed by atoms with Crippen molar-refractivity contribution in [2.24, 2.45) is 5.41 Å². The second-order valence-corrected chi connectivity index (χ2v) is 6.50. The molecule has 2 unspecified atom stereocenters. The molecule has 1 saturated heterocycles. The van der Waals surface area contributed by atoms with Crippen molar-refractivity contribution >= 4 is 5.91 Å². The number of piperidine rings is 1. The lowest BCUT2D eigenvalue weighted by Crippen LogP contribution is -2.50. The minimum Gasteiger partial charge on any atom is -0.393 e. The van der Waals surface area contributed by atoms with Gasteiger partial charge in [0.2, 0.25) is 5.91 Å². The molecule has 2 atom stereocenters. The number of aliphatic hydroxyl groups is 1. The third-order valence-electron chi connectivity index (χ3n) is 4.72. The van der Waals surface area contributed by atoms with Crippen molar-refractivity contribution in [3.8, 4) is 0 Å². The molecule has 1 heterocycles. The van der Waals surface area contributed by atoms with Crippen molar-refractivity contribution in [3.63, 3.8) is 0 Å². The fraction of sp³-hybridized carbons (Fsp3) is 0.933. The van der Waals surface area contributed by atoms with Gasteiger partial charge < -0.3 is 10.0 Å². The van der Waals surface area contributed by atoms with Gasteiger partial charge in [-0.05, 0) is 45.4 Å². The number of rotatable bonds is 3. The SMILES string of the molecule is CC(O)CC1CCCCN1C(=O)C1(C)CCCC1. The van der Waals surface area contributed by atoms with Gasteiger partial charge in [-0.3, -0.25) is 4.79 Å². The summed E-state index contributed by atoms with van der Waals surface area (Å²) in [6.07, 6.45) is 8.28. The lowest BCUT2D eigenvalue weighted by molar-refractivity contribution is -0.145. The predicted octanol–water partition coefficient (Wildman–Crippen LogP) is 2.72. The molecule has 0 aromatic heterocycles. The van der Waals surface area contributed by atoms with Crippen molar-refractivity contribution in [1.82, 2.24) is 4.90 Å². The Kier molecular flexibility index (Phi) is 4.31. The third-order valence-corrected chi connectivity index (χ3v) is 4.72. The molecule has 1 N–H and O–H groups in total. The molecule has 2 aliphatic rings. The molecule has 1 amide bonds. The molecule has 0 radical (unpaired) electrons. The van der Waals surface area contributed by atoms with Crippen LogP contribution in [0.15, 0.2) is 0 Å². The molecule has 1 aliphatic carbocycles. The topological polar surface area (TPSA) is 40.5 Å². The summed E-state index contributed by atoms with van der Waals surface area (Å²) in [4.78, 5) is 14.8. The van der Waals surface area contributed by atoms with Crippen LogP contribution in [0.5, 0.6) is 0 Å². The van der Waals surface area contributed by atoms with E-state index in [1.807, 2.05) is 6.92 Å². The molecule has 2 rings (SSSR count). The summed E-state index contributed by atoms with van der Waals surface area (Å²) < 4.78 is 0. The molecule has 1 aliphatic heterocycles. The number of hydrogen-bond acceptors (Lipinski definition) is 2. The fourth-order valence-corrected chi connectivity index (χ4v) is 3.62. The van der Waals surface area contributed by atoms with Crippen LogP contribution in [0, 0.1) is 5.41 Å². The number of carbonyl (C=O) groups excluding carboxylic acids is 1. The highest BCUT2D eigenvalue weighted by Gasteiger charge is 2.41. The van der Waals surface area contributed by atoms with E-state index in [4.69, 9.17) is 0 Å². The number of aliphatic hydroxyl groups excluding tert-OH is 1. The number of nitrogens with zero attached hydrogens (tertiary/aromatic N) is 1. The van der Waals surface area contributed by atoms with Crippen LogP contribution in [0.2, 0.25) is 0 Å². The Balaban J connectivity index is 2.05. The Morgan fingerprint density at radius 2 is 2.00 bits per heavy atom. The zero-order chi connectivity index (χ0) is 13.2. The van der Waals surface area contributed by atoms with E-state index in [9.17, 15) is 9.90 Å². The minimum absolute atomic E-state index is 0.117. The van der Waals surface area contributed by atoms with Gasteiger partial charge in [-0.15, -0.1) is 0 Å². The molecule has 0 spiro atoms. The Hall–Kier alpha value is -0.570. The van der Waals surface area contributed by atoms with Gasteiger partial charge in [0, 0.05) is 18.0 Å². The molecule has 3 nitrogen and oxygen atoms in total. The minimum atomic E-state index is -0.306. The number of hydrogen-bond donors (Lipinski definition) is 1. The van der Waals surface area contributed by atoms with E-state index < -0.39 is 0 Å². The summed E-state index contributed by atoms with van der Waals surface area (Å²) in [6, 6.07) is 0.267. The molecular weight excluding hydrogens is 226 g/mol. The lowest BCUT2D eigenvalue weighted by atomic mass is 9.85. The highest BCUT2D eigenvalue weighted by atomic mass is 16.3. The largest absolute Gasteiger partial charge is 0.393 e. The number of amides is 1. The van der Waals surface area contributed by atoms with E-state index in [0.717, 1.165) is 38.6 Å². The maximum absolute atomic E-state index is 12.8. The molecule has 104 valence electrons. The van der Waals surface area contributed by atoms with Gasteiger partial charge in [-0.1, -0.05) is 19.8 Å². The highest BCUT2D eigenvalue weighted by molar-refractivity contribution is 5.83. The first-order valence-electron chi connectivity index (χ1n) is 7.52. The van der Waals surface area contributed by atoms with E-state index in [-0.39, 0.29) is 17.6 Å². The third kappa shape index (κ3) is 2.87. The van der Waals surface area contributed by atoms with Crippen LogP contribution >= 0.6 is 0 Å². The van der Waals surface area contributed by atoms with Crippen LogP contribution in [-0.2, 0) is 4.79 Å². The smallest absolute Gasteiger partial charge is 0.228 e. The van der Waals surface area contributed by atoms with Crippen molar-refractivity contribution in [2.75, 3.05) is 6.54 Å². The predicted molar refractivity (Wildman–Crippen MR) is 72.2 cm³/mol. The average molecular weight is 253 g/mol. The van der Waals surface area contributed by atoms with Gasteiger partial charge in [0.05, 0.1) is 6.10 Å². The molecule has 3 heteroatoms. The van der Waals surface area contributed by atoms with Crippen molar-refractivity contribution < 1.29 is 9.90 Å². The summed E-state index contributed by atoms with van der Waals surface area (Å²) in [5.41, 5.74) is -0.117. The molecule has 0 aromatic carbocycles. The van der Waals surface area contributed by atoms with E-state index in [1.54, 1.807) is 0 Å². The molecule has 2 fully saturated rings. The van der Waals surface area contributed by atoms with E-state index in [2.05, 4.69) is 11.8 Å². The van der Waals surface area contributed by atoms with E-state index >= 15 is 0 Å². The fourth-order valence-electron chi connectivity index (χ4n) is 3.62. The summed E-state index contributed by atoms with van der Waals surface area (Å²) in [7, 11) is 0. The van der Waals surface area contributed by atoms with Gasteiger partial charge in [-0.25, -0.2) is 0 Å². The molecule has 18 heavy (non-hydrogen) atoms. The van der Waals surface area contributed by atoms with Gasteiger partial charge in [0.15, 0.2) is 0 Å². The summed E-state index contributed by atoms with van der Waals surface area (Å²) in [5.74, 6) is 0.352. The summed E-state index contributed by atoms with van der Waals surface area (Å²) in [5, 5.41) is 9.60. The Bertz CT molecular complexity index is 295. The number of carbonyl (C=O) groups is 1. The zero-order valence-electron chi connectivity index (χ0n) is 11.8. The van der Waals surface area contributed by atoms with E-state index in [1.165, 1.54) is 19.3 Å². The Labute approximate surface area is 111 Å². The van der Waals surface area contributed by atoms with Crippen LogP contribution in [0.25, 0.3) is 0 Å². The highest BCUT2D eigenvalue weighted by Crippen LogP contribution is 2.40. The van der Waals surface area contributed by atoms with Gasteiger partial charge in [0.1, 0.15) is 0 Å². The first-order valence-corrected chi connectivity index (χ1v) is 7.52. The van der Waals surface area contributed by atoms with Crippen LogP contribution in [0.4, 0.5) is 0 Å². The first kappa shape index (κ1) is 13.9. The quantitative estimate of drug-likeness (QED) is 0.840. The number of likely N-dealkylation sites (tertiary alicyclic amines) is 1. The van der Waals surface area contributed by atoms with Gasteiger partial charge >= 0.3 is 0 Å². The van der Waals surface area contributed by atoms with Crippen LogP contribution < -0.4 is 0 Å². The molecular formula is C15H27NO2. The maximum Gasteiger partial charge on any atom is 0.228 e. The monoisotopic (exact) mass is 253 g/mol. The van der Waals surface area contributed by atoms with Crippen LogP contribution in [0.3, 0.4) is 0 Å². The van der Waals surface area contributed by atoms with Crippen LogP contribution in [-0.4, -0.2) is 34.6 Å². The Morgan fingerprint density at radius 1 is 1.33 bits per heavy atom. The molecule has 0 bridgehead atoms. The van der Waals surface area contributed by atoms with Crippen molar-refractivity contribution in [3.05, 3.63) is 0 Å². The second kappa shape index (κ2) is 5.60. The first-order chi connectivity index (χ1) is 8.53. The molecule has 0 aromatic rings. The van der Waals surface area contributed by atoms with Crippen molar-refractivity contribution in [2.45, 2.75) is 77.4 Å². The normalized spacial score (nSPS) is 29.3. The second-order valence-electron chi connectivity index (χ2n) is 6.50. The standard InChI is InChI=1S/C15H27NO2/c1-12(17)11-13-7-3-6-10-16(13)14(18)15(2)8-4-5-9-15/h12-13,17H,3-11H2,1-2H3. The van der Waals surface area contributed by atoms with Gasteiger partial charge in [0.25, 0.3) is 0 Å². The summed E-state index contributed by atoms with van der Waals surface area (Å²) in [6.45, 7) is 4.86. The maximum atomic E-state index is 12.8. The van der Waals surface area contributed by atoms with Gasteiger partial charge in [-0.2, -0.15) is 0 Å².